The Kier molecular flexibility index (Phi) is 5.65. The predicted octanol–water partition coefficient (Wildman–Crippen LogP) is 2.66. The highest BCUT2D eigenvalue weighted by Crippen LogP contribution is 2.20. The molecule has 0 aromatic carbocycles. The van der Waals surface area contributed by atoms with Crippen LogP contribution < -0.4 is 5.32 Å². The van der Waals surface area contributed by atoms with Crippen LogP contribution in [-0.2, 0) is 23.1 Å². The van der Waals surface area contributed by atoms with Crippen molar-refractivity contribution in [2.75, 3.05) is 12.4 Å². The van der Waals surface area contributed by atoms with Crippen molar-refractivity contribution in [1.29, 1.82) is 0 Å². The highest BCUT2D eigenvalue weighted by Gasteiger charge is 2.12. The molecular weight excluding hydrogens is 386 g/mol. The Labute approximate surface area is 165 Å². The van der Waals surface area contributed by atoms with Gasteiger partial charge in [-0.25, -0.2) is 4.79 Å². The summed E-state index contributed by atoms with van der Waals surface area (Å²) >= 11 is 6.13. The van der Waals surface area contributed by atoms with E-state index in [1.165, 1.54) is 25.4 Å². The van der Waals surface area contributed by atoms with E-state index >= 15 is 0 Å². The number of nitrogens with zero attached hydrogens (tertiary/aromatic N) is 4. The standard InChI is InChI=1S/C18H18ClN5O4/c1-11-14(17(19)23(2)22-11)5-7-16(25)21-12-8-20-24(9-12)10-13-4-6-15(28-13)18(26)27-3/h4-9H,10H2,1-3H3,(H,21,25). The second-order valence-corrected chi connectivity index (χ2v) is 6.28. The molecule has 0 aliphatic heterocycles. The first-order chi connectivity index (χ1) is 13.4. The number of carbonyl (C=O) groups excluding carboxylic acids is 2. The fraction of sp³-hybridized carbons (Fsp3) is 0.222. The Hall–Kier alpha value is -3.33. The van der Waals surface area contributed by atoms with Gasteiger partial charge in [0.1, 0.15) is 10.9 Å². The van der Waals surface area contributed by atoms with Crippen LogP contribution in [0.15, 0.2) is 35.0 Å². The van der Waals surface area contributed by atoms with E-state index in [9.17, 15) is 9.59 Å². The summed E-state index contributed by atoms with van der Waals surface area (Å²) < 4.78 is 13.1. The molecule has 3 rings (SSSR count). The van der Waals surface area contributed by atoms with E-state index < -0.39 is 5.97 Å². The summed E-state index contributed by atoms with van der Waals surface area (Å²) in [6.45, 7) is 2.11. The molecule has 0 saturated carbocycles. The summed E-state index contributed by atoms with van der Waals surface area (Å²) in [7, 11) is 3.01. The van der Waals surface area contributed by atoms with Crippen LogP contribution in [0.25, 0.3) is 6.08 Å². The molecule has 3 aromatic heterocycles. The molecule has 0 aliphatic rings. The van der Waals surface area contributed by atoms with Gasteiger partial charge in [-0.3, -0.25) is 14.2 Å². The van der Waals surface area contributed by atoms with Crippen molar-refractivity contribution < 1.29 is 18.7 Å². The first kappa shape index (κ1) is 19.4. The Balaban J connectivity index is 1.61. The number of anilines is 1. The van der Waals surface area contributed by atoms with Crippen LogP contribution in [-0.4, -0.2) is 38.5 Å². The second kappa shape index (κ2) is 8.13. The topological polar surface area (TPSA) is 104 Å². The fourth-order valence-corrected chi connectivity index (χ4v) is 2.76. The van der Waals surface area contributed by atoms with Gasteiger partial charge in [-0.05, 0) is 25.1 Å². The quantitative estimate of drug-likeness (QED) is 0.501. The van der Waals surface area contributed by atoms with Crippen LogP contribution in [0.4, 0.5) is 5.69 Å². The van der Waals surface area contributed by atoms with Crippen molar-refractivity contribution in [3.63, 3.8) is 0 Å². The summed E-state index contributed by atoms with van der Waals surface area (Å²) in [6, 6.07) is 3.19. The molecule has 0 unspecified atom stereocenters. The number of hydrogen-bond donors (Lipinski definition) is 1. The summed E-state index contributed by atoms with van der Waals surface area (Å²) in [5.41, 5.74) is 1.94. The van der Waals surface area contributed by atoms with Gasteiger partial charge < -0.3 is 14.5 Å². The normalized spacial score (nSPS) is 11.1. The largest absolute Gasteiger partial charge is 0.463 e. The molecule has 1 N–H and O–H groups in total. The number of carbonyl (C=O) groups is 2. The monoisotopic (exact) mass is 403 g/mol. The first-order valence-electron chi connectivity index (χ1n) is 8.25. The summed E-state index contributed by atoms with van der Waals surface area (Å²) in [5, 5.41) is 11.5. The highest BCUT2D eigenvalue weighted by molar-refractivity contribution is 6.31. The number of amides is 1. The molecule has 0 aliphatic carbocycles. The lowest BCUT2D eigenvalue weighted by atomic mass is 10.2. The third kappa shape index (κ3) is 4.32. The zero-order chi connectivity index (χ0) is 20.3. The molecule has 10 heteroatoms. The number of rotatable bonds is 6. The molecule has 1 amide bonds. The van der Waals surface area contributed by atoms with Crippen LogP contribution in [0.2, 0.25) is 5.15 Å². The number of esters is 1. The molecule has 3 aromatic rings. The van der Waals surface area contributed by atoms with Crippen LogP contribution in [0, 0.1) is 6.92 Å². The number of aryl methyl sites for hydroxylation is 2. The minimum atomic E-state index is -0.546. The van der Waals surface area contributed by atoms with E-state index in [1.54, 1.807) is 34.8 Å². The van der Waals surface area contributed by atoms with Crippen molar-refractivity contribution in [2.45, 2.75) is 13.5 Å². The van der Waals surface area contributed by atoms with Crippen LogP contribution in [0.1, 0.15) is 27.6 Å². The van der Waals surface area contributed by atoms with E-state index in [0.29, 0.717) is 28.7 Å². The third-order valence-electron chi connectivity index (χ3n) is 3.86. The first-order valence-corrected chi connectivity index (χ1v) is 8.63. The number of aromatic nitrogens is 4. The molecule has 0 bridgehead atoms. The summed E-state index contributed by atoms with van der Waals surface area (Å²) in [5.74, 6) is -0.226. The number of methoxy groups -OCH3 is 1. The molecule has 146 valence electrons. The third-order valence-corrected chi connectivity index (χ3v) is 4.31. The molecule has 0 saturated heterocycles. The lowest BCUT2D eigenvalue weighted by Crippen LogP contribution is -2.07. The van der Waals surface area contributed by atoms with Crippen molar-refractivity contribution in [1.82, 2.24) is 19.6 Å². The maximum Gasteiger partial charge on any atom is 0.373 e. The lowest BCUT2D eigenvalue weighted by molar-refractivity contribution is -0.111. The molecule has 28 heavy (non-hydrogen) atoms. The Morgan fingerprint density at radius 2 is 2.18 bits per heavy atom. The second-order valence-electron chi connectivity index (χ2n) is 5.92. The van der Waals surface area contributed by atoms with Gasteiger partial charge in [-0.1, -0.05) is 11.6 Å². The number of halogens is 1. The maximum absolute atomic E-state index is 12.1. The SMILES string of the molecule is COC(=O)c1ccc(Cn2cc(NC(=O)C=Cc3c(C)nn(C)c3Cl)cn2)o1. The smallest absolute Gasteiger partial charge is 0.373 e. The van der Waals surface area contributed by atoms with Crippen LogP contribution >= 0.6 is 11.6 Å². The van der Waals surface area contributed by atoms with Gasteiger partial charge in [0.05, 0.1) is 31.2 Å². The fourth-order valence-electron chi connectivity index (χ4n) is 2.53. The van der Waals surface area contributed by atoms with Crippen molar-refractivity contribution in [2.24, 2.45) is 7.05 Å². The van der Waals surface area contributed by atoms with E-state index in [-0.39, 0.29) is 11.7 Å². The van der Waals surface area contributed by atoms with Gasteiger partial charge in [0, 0.05) is 24.9 Å². The molecule has 0 atom stereocenters. The predicted molar refractivity (Wildman–Crippen MR) is 102 cm³/mol. The molecule has 0 spiro atoms. The number of ether oxygens (including phenoxy) is 1. The summed E-state index contributed by atoms with van der Waals surface area (Å²) in [4.78, 5) is 23.5. The van der Waals surface area contributed by atoms with E-state index in [2.05, 4.69) is 20.3 Å². The van der Waals surface area contributed by atoms with Gasteiger partial charge >= 0.3 is 5.97 Å². The summed E-state index contributed by atoms with van der Waals surface area (Å²) in [6.07, 6.45) is 6.15. The highest BCUT2D eigenvalue weighted by atomic mass is 35.5. The molecule has 0 radical (unpaired) electrons. The minimum Gasteiger partial charge on any atom is -0.463 e. The number of nitrogens with one attached hydrogen (secondary N) is 1. The van der Waals surface area contributed by atoms with Gasteiger partial charge in [0.25, 0.3) is 0 Å². The molecule has 3 heterocycles. The van der Waals surface area contributed by atoms with Gasteiger partial charge in [0.2, 0.25) is 11.7 Å². The van der Waals surface area contributed by atoms with Gasteiger partial charge in [-0.15, -0.1) is 0 Å². The zero-order valence-corrected chi connectivity index (χ0v) is 16.2. The van der Waals surface area contributed by atoms with Crippen molar-refractivity contribution in [3.8, 4) is 0 Å². The lowest BCUT2D eigenvalue weighted by Gasteiger charge is -1.99. The molecule has 0 fully saturated rings. The molecular formula is C18H18ClN5O4. The van der Waals surface area contributed by atoms with E-state index in [0.717, 1.165) is 5.69 Å². The Morgan fingerprint density at radius 1 is 1.39 bits per heavy atom. The van der Waals surface area contributed by atoms with Gasteiger partial charge in [-0.2, -0.15) is 10.2 Å². The zero-order valence-electron chi connectivity index (χ0n) is 15.5. The van der Waals surface area contributed by atoms with Crippen LogP contribution in [0.5, 0.6) is 0 Å². The van der Waals surface area contributed by atoms with Crippen molar-refractivity contribution >= 4 is 35.2 Å². The van der Waals surface area contributed by atoms with E-state index in [1.807, 2.05) is 6.92 Å². The Morgan fingerprint density at radius 3 is 2.86 bits per heavy atom. The molecule has 9 nitrogen and oxygen atoms in total. The number of furan rings is 1. The van der Waals surface area contributed by atoms with Crippen LogP contribution in [0.3, 0.4) is 0 Å². The average molecular weight is 404 g/mol. The average Bonchev–Trinajstić information content (AvgIpc) is 3.35. The maximum atomic E-state index is 12.1. The van der Waals surface area contributed by atoms with Gasteiger partial charge in [0.15, 0.2) is 0 Å². The van der Waals surface area contributed by atoms with Crippen molar-refractivity contribution in [3.05, 3.63) is 58.5 Å². The van der Waals surface area contributed by atoms with E-state index in [4.69, 9.17) is 16.0 Å². The minimum absolute atomic E-state index is 0.118. The Bertz CT molecular complexity index is 1050. The number of hydrogen-bond acceptors (Lipinski definition) is 6.